The molecule has 21 heavy (non-hydrogen) atoms. The van der Waals surface area contributed by atoms with Crippen molar-refractivity contribution in [3.63, 3.8) is 0 Å². The number of nitrogens with one attached hydrogen (secondary N) is 1. The van der Waals surface area contributed by atoms with E-state index in [1.54, 1.807) is 31.2 Å². The normalized spacial score (nSPS) is 11.8. The van der Waals surface area contributed by atoms with Gasteiger partial charge in [-0.2, -0.15) is 0 Å². The molecular weight excluding hydrogens is 354 g/mol. The number of rotatable bonds is 4. The van der Waals surface area contributed by atoms with E-state index in [9.17, 15) is 4.79 Å². The second kappa shape index (κ2) is 6.96. The van der Waals surface area contributed by atoms with E-state index < -0.39 is 6.10 Å². The predicted octanol–water partition coefficient (Wildman–Crippen LogP) is 4.82. The van der Waals surface area contributed by atoms with Gasteiger partial charge in [0.1, 0.15) is 5.75 Å². The highest BCUT2D eigenvalue weighted by Gasteiger charge is 2.15. The molecule has 0 saturated carbocycles. The molecule has 1 N–H and O–H groups in total. The Balaban J connectivity index is 2.02. The van der Waals surface area contributed by atoms with Crippen LogP contribution in [0.2, 0.25) is 5.02 Å². The summed E-state index contributed by atoms with van der Waals surface area (Å²) >= 11 is 9.29. The van der Waals surface area contributed by atoms with Gasteiger partial charge in [-0.1, -0.05) is 33.6 Å². The van der Waals surface area contributed by atoms with E-state index in [0.29, 0.717) is 16.5 Å². The fraction of sp³-hybridized carbons (Fsp3) is 0.188. The molecule has 110 valence electrons. The van der Waals surface area contributed by atoms with Gasteiger partial charge in [-0.25, -0.2) is 0 Å². The van der Waals surface area contributed by atoms with Crippen molar-refractivity contribution in [2.45, 2.75) is 20.0 Å². The van der Waals surface area contributed by atoms with Crippen molar-refractivity contribution in [3.8, 4) is 5.75 Å². The minimum absolute atomic E-state index is 0.219. The molecule has 1 amide bonds. The maximum Gasteiger partial charge on any atom is 0.265 e. The molecule has 0 aliphatic rings. The summed E-state index contributed by atoms with van der Waals surface area (Å²) in [6.45, 7) is 3.61. The SMILES string of the molecule is Cc1ccc(Cl)cc1NC(=O)[C@@H](C)Oc1ccc(Br)cc1. The molecule has 0 fully saturated rings. The van der Waals surface area contributed by atoms with Crippen molar-refractivity contribution >= 4 is 39.1 Å². The number of ether oxygens (including phenoxy) is 1. The van der Waals surface area contributed by atoms with Gasteiger partial charge in [0, 0.05) is 15.2 Å². The van der Waals surface area contributed by atoms with Gasteiger partial charge < -0.3 is 10.1 Å². The predicted molar refractivity (Wildman–Crippen MR) is 89.1 cm³/mol. The molecule has 0 saturated heterocycles. The van der Waals surface area contributed by atoms with Crippen LogP contribution >= 0.6 is 27.5 Å². The zero-order valence-corrected chi connectivity index (χ0v) is 14.0. The third-order valence-corrected chi connectivity index (χ3v) is 3.72. The van der Waals surface area contributed by atoms with Crippen LogP contribution in [0.15, 0.2) is 46.9 Å². The van der Waals surface area contributed by atoms with Crippen molar-refractivity contribution < 1.29 is 9.53 Å². The van der Waals surface area contributed by atoms with Gasteiger partial charge in [-0.15, -0.1) is 0 Å². The lowest BCUT2D eigenvalue weighted by atomic mass is 10.2. The number of amides is 1. The molecule has 0 aliphatic carbocycles. The Labute approximate surface area is 137 Å². The van der Waals surface area contributed by atoms with E-state index in [4.69, 9.17) is 16.3 Å². The molecule has 0 unspecified atom stereocenters. The molecule has 0 aliphatic heterocycles. The quantitative estimate of drug-likeness (QED) is 0.840. The summed E-state index contributed by atoms with van der Waals surface area (Å²) in [6.07, 6.45) is -0.607. The molecule has 1 atom stereocenters. The lowest BCUT2D eigenvalue weighted by Gasteiger charge is -2.16. The Morgan fingerprint density at radius 1 is 1.24 bits per heavy atom. The average Bonchev–Trinajstić information content (AvgIpc) is 2.45. The number of benzene rings is 2. The molecule has 0 bridgehead atoms. The third-order valence-electron chi connectivity index (χ3n) is 2.95. The number of carbonyl (C=O) groups is 1. The number of hydrogen-bond acceptors (Lipinski definition) is 2. The first-order chi connectivity index (χ1) is 9.95. The second-order valence-electron chi connectivity index (χ2n) is 4.66. The second-order valence-corrected chi connectivity index (χ2v) is 6.01. The minimum atomic E-state index is -0.607. The molecule has 0 spiro atoms. The molecule has 2 rings (SSSR count). The molecule has 2 aromatic rings. The van der Waals surface area contributed by atoms with E-state index in [2.05, 4.69) is 21.2 Å². The van der Waals surface area contributed by atoms with Gasteiger partial charge in [0.2, 0.25) is 0 Å². The minimum Gasteiger partial charge on any atom is -0.481 e. The fourth-order valence-corrected chi connectivity index (χ4v) is 2.17. The zero-order valence-electron chi connectivity index (χ0n) is 11.7. The fourth-order valence-electron chi connectivity index (χ4n) is 1.73. The molecule has 3 nitrogen and oxygen atoms in total. The smallest absolute Gasteiger partial charge is 0.265 e. The van der Waals surface area contributed by atoms with E-state index in [1.807, 2.05) is 25.1 Å². The highest BCUT2D eigenvalue weighted by molar-refractivity contribution is 9.10. The van der Waals surface area contributed by atoms with Crippen LogP contribution in [-0.2, 0) is 4.79 Å². The monoisotopic (exact) mass is 367 g/mol. The van der Waals surface area contributed by atoms with Crippen LogP contribution < -0.4 is 10.1 Å². The van der Waals surface area contributed by atoms with Crippen LogP contribution in [0.1, 0.15) is 12.5 Å². The van der Waals surface area contributed by atoms with Crippen LogP contribution in [0.4, 0.5) is 5.69 Å². The molecule has 5 heteroatoms. The van der Waals surface area contributed by atoms with E-state index in [-0.39, 0.29) is 5.91 Å². The first-order valence-corrected chi connectivity index (χ1v) is 7.62. The van der Waals surface area contributed by atoms with Crippen molar-refractivity contribution in [1.82, 2.24) is 0 Å². The van der Waals surface area contributed by atoms with Crippen molar-refractivity contribution in [1.29, 1.82) is 0 Å². The standard InChI is InChI=1S/C16H15BrClNO2/c1-10-3-6-13(18)9-15(10)19-16(20)11(2)21-14-7-4-12(17)5-8-14/h3-9,11H,1-2H3,(H,19,20)/t11-/m1/s1. The molecule has 0 aromatic heterocycles. The summed E-state index contributed by atoms with van der Waals surface area (Å²) in [5, 5.41) is 3.41. The Hall–Kier alpha value is -1.52. The lowest BCUT2D eigenvalue weighted by Crippen LogP contribution is -2.30. The van der Waals surface area contributed by atoms with E-state index in [0.717, 1.165) is 10.0 Å². The van der Waals surface area contributed by atoms with Crippen molar-refractivity contribution in [3.05, 3.63) is 57.5 Å². The largest absolute Gasteiger partial charge is 0.481 e. The first kappa shape index (κ1) is 15.9. The molecular formula is C16H15BrClNO2. The molecule has 2 aromatic carbocycles. The summed E-state index contributed by atoms with van der Waals surface area (Å²) < 4.78 is 6.57. The van der Waals surface area contributed by atoms with Gasteiger partial charge in [0.05, 0.1) is 0 Å². The lowest BCUT2D eigenvalue weighted by molar-refractivity contribution is -0.122. The van der Waals surface area contributed by atoms with Crippen molar-refractivity contribution in [2.75, 3.05) is 5.32 Å². The summed E-state index contributed by atoms with van der Waals surface area (Å²) in [4.78, 5) is 12.2. The van der Waals surface area contributed by atoms with Gasteiger partial charge in [0.25, 0.3) is 5.91 Å². The zero-order chi connectivity index (χ0) is 15.4. The number of anilines is 1. The highest BCUT2D eigenvalue weighted by Crippen LogP contribution is 2.21. The van der Waals surface area contributed by atoms with Gasteiger partial charge in [0.15, 0.2) is 6.10 Å². The van der Waals surface area contributed by atoms with E-state index >= 15 is 0 Å². The summed E-state index contributed by atoms with van der Waals surface area (Å²) in [5.74, 6) is 0.423. The summed E-state index contributed by atoms with van der Waals surface area (Å²) in [6, 6.07) is 12.7. The van der Waals surface area contributed by atoms with Gasteiger partial charge in [-0.05, 0) is 55.8 Å². The van der Waals surface area contributed by atoms with Gasteiger partial charge >= 0.3 is 0 Å². The van der Waals surface area contributed by atoms with Crippen LogP contribution in [0.25, 0.3) is 0 Å². The van der Waals surface area contributed by atoms with Crippen LogP contribution in [-0.4, -0.2) is 12.0 Å². The maximum atomic E-state index is 12.2. The van der Waals surface area contributed by atoms with Crippen LogP contribution in [0.5, 0.6) is 5.75 Å². The number of halogens is 2. The number of hydrogen-bond donors (Lipinski definition) is 1. The maximum absolute atomic E-state index is 12.2. The number of carbonyl (C=O) groups excluding carboxylic acids is 1. The Morgan fingerprint density at radius 3 is 2.57 bits per heavy atom. The molecule has 0 radical (unpaired) electrons. The van der Waals surface area contributed by atoms with Crippen LogP contribution in [0, 0.1) is 6.92 Å². The Morgan fingerprint density at radius 2 is 1.90 bits per heavy atom. The Kier molecular flexibility index (Phi) is 5.26. The number of aryl methyl sites for hydroxylation is 1. The summed E-state index contributed by atoms with van der Waals surface area (Å²) in [7, 11) is 0. The van der Waals surface area contributed by atoms with Crippen molar-refractivity contribution in [2.24, 2.45) is 0 Å². The first-order valence-electron chi connectivity index (χ1n) is 6.45. The average molecular weight is 369 g/mol. The highest BCUT2D eigenvalue weighted by atomic mass is 79.9. The van der Waals surface area contributed by atoms with Gasteiger partial charge in [-0.3, -0.25) is 4.79 Å². The Bertz CT molecular complexity index is 643. The third kappa shape index (κ3) is 4.48. The molecule has 0 heterocycles. The summed E-state index contributed by atoms with van der Waals surface area (Å²) in [5.41, 5.74) is 1.64. The topological polar surface area (TPSA) is 38.3 Å². The van der Waals surface area contributed by atoms with E-state index in [1.165, 1.54) is 0 Å². The van der Waals surface area contributed by atoms with Crippen LogP contribution in [0.3, 0.4) is 0 Å².